The van der Waals surface area contributed by atoms with E-state index in [0.29, 0.717) is 0 Å². The molecule has 0 aromatic rings. The van der Waals surface area contributed by atoms with Crippen LogP contribution in [0.25, 0.3) is 0 Å². The van der Waals surface area contributed by atoms with Gasteiger partial charge in [0.25, 0.3) is 0 Å². The predicted molar refractivity (Wildman–Crippen MR) is 58.3 cm³/mol. The van der Waals surface area contributed by atoms with Gasteiger partial charge in [-0.1, -0.05) is 12.2 Å². The standard InChI is InChI=1S/C12H21NO/c1-2-4-12(5-3-1)13-10-11-6-8-14-9-7-11/h1-2,11-13H,3-10H2. The maximum atomic E-state index is 5.35. The maximum Gasteiger partial charge on any atom is 0.0469 e. The van der Waals surface area contributed by atoms with E-state index in [1.54, 1.807) is 0 Å². The van der Waals surface area contributed by atoms with E-state index in [-0.39, 0.29) is 0 Å². The summed E-state index contributed by atoms with van der Waals surface area (Å²) in [6.45, 7) is 3.13. The molecule has 0 amide bonds. The van der Waals surface area contributed by atoms with Crippen molar-refractivity contribution in [2.24, 2.45) is 5.92 Å². The SMILES string of the molecule is C1=CCC(NCC2CCOCC2)CC1. The van der Waals surface area contributed by atoms with E-state index in [9.17, 15) is 0 Å². The van der Waals surface area contributed by atoms with Crippen molar-refractivity contribution in [1.82, 2.24) is 5.32 Å². The van der Waals surface area contributed by atoms with Crippen LogP contribution in [0.1, 0.15) is 32.1 Å². The van der Waals surface area contributed by atoms with Crippen LogP contribution in [0.2, 0.25) is 0 Å². The summed E-state index contributed by atoms with van der Waals surface area (Å²) in [5, 5.41) is 3.68. The molecular formula is C12H21NO. The van der Waals surface area contributed by atoms with Crippen LogP contribution >= 0.6 is 0 Å². The first-order valence-electron chi connectivity index (χ1n) is 5.91. The van der Waals surface area contributed by atoms with Gasteiger partial charge in [-0.3, -0.25) is 0 Å². The summed E-state index contributed by atoms with van der Waals surface area (Å²) in [6.07, 6.45) is 10.9. The lowest BCUT2D eigenvalue weighted by Gasteiger charge is -2.26. The van der Waals surface area contributed by atoms with Gasteiger partial charge < -0.3 is 10.1 Å². The molecule has 1 atom stereocenters. The van der Waals surface area contributed by atoms with E-state index in [4.69, 9.17) is 4.74 Å². The maximum absolute atomic E-state index is 5.35. The smallest absolute Gasteiger partial charge is 0.0469 e. The Morgan fingerprint density at radius 1 is 1.14 bits per heavy atom. The summed E-state index contributed by atoms with van der Waals surface area (Å²) in [6, 6.07) is 0.739. The fourth-order valence-corrected chi connectivity index (χ4v) is 2.26. The fourth-order valence-electron chi connectivity index (χ4n) is 2.26. The highest BCUT2D eigenvalue weighted by Crippen LogP contribution is 2.15. The average molecular weight is 195 g/mol. The molecule has 2 rings (SSSR count). The minimum atomic E-state index is 0.739. The molecule has 1 saturated heterocycles. The van der Waals surface area contributed by atoms with Crippen LogP contribution < -0.4 is 5.32 Å². The second-order valence-electron chi connectivity index (χ2n) is 4.45. The summed E-state index contributed by atoms with van der Waals surface area (Å²) in [4.78, 5) is 0. The van der Waals surface area contributed by atoms with E-state index in [1.807, 2.05) is 0 Å². The minimum Gasteiger partial charge on any atom is -0.381 e. The third-order valence-electron chi connectivity index (χ3n) is 3.31. The van der Waals surface area contributed by atoms with E-state index in [1.165, 1.54) is 38.6 Å². The molecule has 2 nitrogen and oxygen atoms in total. The Labute approximate surface area is 86.7 Å². The Morgan fingerprint density at radius 2 is 2.00 bits per heavy atom. The Hall–Kier alpha value is -0.340. The normalized spacial score (nSPS) is 29.3. The summed E-state index contributed by atoms with van der Waals surface area (Å²) in [5.41, 5.74) is 0. The van der Waals surface area contributed by atoms with Gasteiger partial charge in [0.05, 0.1) is 0 Å². The largest absolute Gasteiger partial charge is 0.381 e. The first-order valence-corrected chi connectivity index (χ1v) is 5.91. The molecule has 1 aliphatic carbocycles. The zero-order valence-corrected chi connectivity index (χ0v) is 8.87. The highest BCUT2D eigenvalue weighted by atomic mass is 16.5. The number of hydrogen-bond donors (Lipinski definition) is 1. The van der Waals surface area contributed by atoms with Crippen LogP contribution in [-0.4, -0.2) is 25.8 Å². The molecule has 1 fully saturated rings. The van der Waals surface area contributed by atoms with Gasteiger partial charge in [-0.25, -0.2) is 0 Å². The van der Waals surface area contributed by atoms with Crippen molar-refractivity contribution in [1.29, 1.82) is 0 Å². The van der Waals surface area contributed by atoms with Crippen molar-refractivity contribution in [2.45, 2.75) is 38.1 Å². The molecule has 0 aromatic heterocycles. The second kappa shape index (κ2) is 5.52. The highest BCUT2D eigenvalue weighted by molar-refractivity contribution is 4.93. The Bertz CT molecular complexity index is 185. The van der Waals surface area contributed by atoms with Crippen molar-refractivity contribution >= 4 is 0 Å². The van der Waals surface area contributed by atoms with Gasteiger partial charge in [0.2, 0.25) is 0 Å². The van der Waals surface area contributed by atoms with Crippen molar-refractivity contribution in [3.8, 4) is 0 Å². The van der Waals surface area contributed by atoms with Crippen LogP contribution in [0.4, 0.5) is 0 Å². The molecule has 1 aliphatic heterocycles. The lowest BCUT2D eigenvalue weighted by Crippen LogP contribution is -2.35. The Morgan fingerprint density at radius 3 is 2.71 bits per heavy atom. The third-order valence-corrected chi connectivity index (χ3v) is 3.31. The van der Waals surface area contributed by atoms with Gasteiger partial charge in [0, 0.05) is 19.3 Å². The average Bonchev–Trinajstić information content (AvgIpc) is 2.29. The van der Waals surface area contributed by atoms with Crippen LogP contribution in [0.5, 0.6) is 0 Å². The monoisotopic (exact) mass is 195 g/mol. The highest BCUT2D eigenvalue weighted by Gasteiger charge is 2.15. The number of hydrogen-bond acceptors (Lipinski definition) is 2. The molecule has 0 saturated carbocycles. The van der Waals surface area contributed by atoms with Gasteiger partial charge in [0.1, 0.15) is 0 Å². The molecular weight excluding hydrogens is 174 g/mol. The fraction of sp³-hybridized carbons (Fsp3) is 0.833. The quantitative estimate of drug-likeness (QED) is 0.696. The molecule has 1 N–H and O–H groups in total. The lowest BCUT2D eigenvalue weighted by atomic mass is 9.97. The van der Waals surface area contributed by atoms with Crippen molar-refractivity contribution < 1.29 is 4.74 Å². The molecule has 2 heteroatoms. The van der Waals surface area contributed by atoms with Gasteiger partial charge in [-0.15, -0.1) is 0 Å². The third kappa shape index (κ3) is 3.10. The van der Waals surface area contributed by atoms with E-state index in [0.717, 1.165) is 25.2 Å². The first kappa shape index (κ1) is 10.2. The van der Waals surface area contributed by atoms with Crippen LogP contribution in [0.3, 0.4) is 0 Å². The second-order valence-corrected chi connectivity index (χ2v) is 4.45. The molecule has 1 unspecified atom stereocenters. The van der Waals surface area contributed by atoms with Gasteiger partial charge in [-0.2, -0.15) is 0 Å². The van der Waals surface area contributed by atoms with Crippen LogP contribution in [-0.2, 0) is 4.74 Å². The molecule has 0 bridgehead atoms. The van der Waals surface area contributed by atoms with E-state index < -0.39 is 0 Å². The van der Waals surface area contributed by atoms with E-state index >= 15 is 0 Å². The molecule has 1 heterocycles. The van der Waals surface area contributed by atoms with Gasteiger partial charge in [-0.05, 0) is 44.6 Å². The lowest BCUT2D eigenvalue weighted by molar-refractivity contribution is 0.0653. The molecule has 2 aliphatic rings. The molecule has 0 spiro atoms. The minimum absolute atomic E-state index is 0.739. The Balaban J connectivity index is 1.63. The van der Waals surface area contributed by atoms with Crippen LogP contribution in [0, 0.1) is 5.92 Å². The van der Waals surface area contributed by atoms with Crippen molar-refractivity contribution in [3.05, 3.63) is 12.2 Å². The van der Waals surface area contributed by atoms with Gasteiger partial charge in [0.15, 0.2) is 0 Å². The van der Waals surface area contributed by atoms with Gasteiger partial charge >= 0.3 is 0 Å². The topological polar surface area (TPSA) is 21.3 Å². The zero-order chi connectivity index (χ0) is 9.64. The van der Waals surface area contributed by atoms with E-state index in [2.05, 4.69) is 17.5 Å². The number of ether oxygens (including phenoxy) is 1. The molecule has 0 aromatic carbocycles. The molecule has 0 radical (unpaired) electrons. The molecule has 80 valence electrons. The van der Waals surface area contributed by atoms with Crippen LogP contribution in [0.15, 0.2) is 12.2 Å². The number of allylic oxidation sites excluding steroid dienone is 1. The summed E-state index contributed by atoms with van der Waals surface area (Å²) < 4.78 is 5.35. The number of rotatable bonds is 3. The molecule has 14 heavy (non-hydrogen) atoms. The summed E-state index contributed by atoms with van der Waals surface area (Å²) >= 11 is 0. The Kier molecular flexibility index (Phi) is 4.02. The van der Waals surface area contributed by atoms with Crippen molar-refractivity contribution in [2.75, 3.05) is 19.8 Å². The zero-order valence-electron chi connectivity index (χ0n) is 8.87. The summed E-state index contributed by atoms with van der Waals surface area (Å²) in [7, 11) is 0. The summed E-state index contributed by atoms with van der Waals surface area (Å²) in [5.74, 6) is 0.856. The van der Waals surface area contributed by atoms with Crippen molar-refractivity contribution in [3.63, 3.8) is 0 Å². The predicted octanol–water partition coefficient (Wildman–Crippen LogP) is 2.11. The first-order chi connectivity index (χ1) is 6.95. The number of nitrogens with one attached hydrogen (secondary N) is 1.